The summed E-state index contributed by atoms with van der Waals surface area (Å²) >= 11 is 0. The fourth-order valence-electron chi connectivity index (χ4n) is 2.90. The van der Waals surface area contributed by atoms with Crippen LogP contribution in [0.1, 0.15) is 33.6 Å². The smallest absolute Gasteiger partial charge is 0.272 e. The minimum absolute atomic E-state index is 0.112. The van der Waals surface area contributed by atoms with E-state index in [1.807, 2.05) is 61.5 Å². The molecule has 0 radical (unpaired) electrons. The molecule has 1 heterocycles. The second kappa shape index (κ2) is 8.99. The van der Waals surface area contributed by atoms with Crippen LogP contribution in [-0.4, -0.2) is 21.6 Å². The molecule has 6 heteroatoms. The topological polar surface area (TPSA) is 76.0 Å². The molecule has 2 N–H and O–H groups in total. The molecule has 0 aliphatic rings. The van der Waals surface area contributed by atoms with E-state index in [1.165, 1.54) is 4.68 Å². The summed E-state index contributed by atoms with van der Waals surface area (Å²) in [4.78, 5) is 24.6. The Hall–Kier alpha value is -3.41. The summed E-state index contributed by atoms with van der Waals surface area (Å²) in [6.07, 6.45) is 1.03. The van der Waals surface area contributed by atoms with E-state index in [0.717, 1.165) is 16.7 Å². The lowest BCUT2D eigenvalue weighted by atomic mass is 10.1. The van der Waals surface area contributed by atoms with Crippen LogP contribution in [0.4, 0.5) is 5.82 Å². The normalized spacial score (nSPS) is 10.5. The molecule has 28 heavy (non-hydrogen) atoms. The second-order valence-electron chi connectivity index (χ2n) is 6.74. The van der Waals surface area contributed by atoms with Crippen molar-refractivity contribution in [3.8, 4) is 0 Å². The minimum atomic E-state index is -0.276. The molecule has 2 aromatic carbocycles. The molecule has 0 saturated carbocycles. The second-order valence-corrected chi connectivity index (χ2v) is 6.74. The molecule has 0 unspecified atom stereocenters. The van der Waals surface area contributed by atoms with Crippen LogP contribution in [0.5, 0.6) is 0 Å². The fraction of sp³-hybridized carbons (Fsp3) is 0.227. The van der Waals surface area contributed by atoms with E-state index >= 15 is 0 Å². The van der Waals surface area contributed by atoms with Gasteiger partial charge in [-0.05, 0) is 24.5 Å². The molecule has 0 fully saturated rings. The van der Waals surface area contributed by atoms with Gasteiger partial charge in [0, 0.05) is 26.1 Å². The van der Waals surface area contributed by atoms with Crippen molar-refractivity contribution < 1.29 is 9.59 Å². The summed E-state index contributed by atoms with van der Waals surface area (Å²) in [7, 11) is 1.70. The molecule has 0 aliphatic heterocycles. The first kappa shape index (κ1) is 19.4. The van der Waals surface area contributed by atoms with Gasteiger partial charge in [0.05, 0.1) is 0 Å². The zero-order valence-electron chi connectivity index (χ0n) is 16.1. The summed E-state index contributed by atoms with van der Waals surface area (Å²) < 4.78 is 1.50. The van der Waals surface area contributed by atoms with Gasteiger partial charge in [-0.25, -0.2) is 0 Å². The highest BCUT2D eigenvalue weighted by Crippen LogP contribution is 2.11. The number of carbonyl (C=O) groups is 2. The summed E-state index contributed by atoms with van der Waals surface area (Å²) in [6.45, 7) is 2.44. The largest absolute Gasteiger partial charge is 0.347 e. The molecule has 3 rings (SSSR count). The molecule has 0 bridgehead atoms. The third-order valence-corrected chi connectivity index (χ3v) is 4.40. The van der Waals surface area contributed by atoms with Gasteiger partial charge in [0.2, 0.25) is 5.91 Å². The monoisotopic (exact) mass is 376 g/mol. The number of aromatic nitrogens is 2. The van der Waals surface area contributed by atoms with Crippen molar-refractivity contribution in [3.63, 3.8) is 0 Å². The van der Waals surface area contributed by atoms with E-state index in [4.69, 9.17) is 0 Å². The zero-order valence-corrected chi connectivity index (χ0v) is 16.1. The van der Waals surface area contributed by atoms with Gasteiger partial charge in [0.25, 0.3) is 5.91 Å². The lowest BCUT2D eigenvalue weighted by Crippen LogP contribution is -2.23. The Labute approximate surface area is 164 Å². The summed E-state index contributed by atoms with van der Waals surface area (Å²) in [5.41, 5.74) is 3.55. The average Bonchev–Trinajstić information content (AvgIpc) is 3.06. The first-order valence-electron chi connectivity index (χ1n) is 9.23. The summed E-state index contributed by atoms with van der Waals surface area (Å²) in [5, 5.41) is 9.88. The van der Waals surface area contributed by atoms with Gasteiger partial charge in [-0.1, -0.05) is 60.2 Å². The zero-order chi connectivity index (χ0) is 19.9. The number of hydrogen-bond acceptors (Lipinski definition) is 3. The van der Waals surface area contributed by atoms with Gasteiger partial charge in [-0.3, -0.25) is 14.3 Å². The summed E-state index contributed by atoms with van der Waals surface area (Å²) in [5.74, 6) is 0.110. The van der Waals surface area contributed by atoms with Gasteiger partial charge >= 0.3 is 0 Å². The van der Waals surface area contributed by atoms with Crippen molar-refractivity contribution in [1.29, 1.82) is 0 Å². The number of amides is 2. The third kappa shape index (κ3) is 5.30. The van der Waals surface area contributed by atoms with Crippen LogP contribution in [0.3, 0.4) is 0 Å². The highest BCUT2D eigenvalue weighted by Gasteiger charge is 2.14. The predicted octanol–water partition coefficient (Wildman–Crippen LogP) is 3.23. The Morgan fingerprint density at radius 3 is 2.50 bits per heavy atom. The Morgan fingerprint density at radius 2 is 1.75 bits per heavy atom. The van der Waals surface area contributed by atoms with Gasteiger partial charge in [-0.2, -0.15) is 5.10 Å². The molecular weight excluding hydrogens is 352 g/mol. The molecule has 0 aliphatic carbocycles. The highest BCUT2D eigenvalue weighted by atomic mass is 16.2. The number of nitrogens with one attached hydrogen (secondary N) is 2. The van der Waals surface area contributed by atoms with Crippen LogP contribution in [0.2, 0.25) is 0 Å². The number of anilines is 1. The predicted molar refractivity (Wildman–Crippen MR) is 109 cm³/mol. The van der Waals surface area contributed by atoms with E-state index in [0.29, 0.717) is 25.2 Å². The van der Waals surface area contributed by atoms with E-state index in [2.05, 4.69) is 15.7 Å². The number of carbonyl (C=O) groups excluding carboxylic acids is 2. The fourth-order valence-corrected chi connectivity index (χ4v) is 2.90. The SMILES string of the molecule is Cc1cccc(CNC(=O)c2cc(NC(=O)CCc3ccccc3)n(C)n2)c1. The molecule has 0 saturated heterocycles. The number of rotatable bonds is 7. The molecule has 6 nitrogen and oxygen atoms in total. The maximum absolute atomic E-state index is 12.4. The molecular formula is C22H24N4O2. The average molecular weight is 376 g/mol. The van der Waals surface area contributed by atoms with Gasteiger partial charge in [0.1, 0.15) is 5.82 Å². The molecule has 1 aromatic heterocycles. The standard InChI is InChI=1S/C22H24N4O2/c1-16-7-6-10-18(13-16)15-23-22(28)19-14-20(26(2)25-19)24-21(27)12-11-17-8-4-3-5-9-17/h3-10,13-14H,11-12,15H2,1-2H3,(H,23,28)(H,24,27). The molecule has 0 atom stereocenters. The Balaban J connectivity index is 1.54. The lowest BCUT2D eigenvalue weighted by molar-refractivity contribution is -0.116. The Morgan fingerprint density at radius 1 is 1.00 bits per heavy atom. The first-order valence-corrected chi connectivity index (χ1v) is 9.23. The van der Waals surface area contributed by atoms with Crippen molar-refractivity contribution in [1.82, 2.24) is 15.1 Å². The first-order chi connectivity index (χ1) is 13.5. The minimum Gasteiger partial charge on any atom is -0.347 e. The van der Waals surface area contributed by atoms with Crippen LogP contribution in [0.15, 0.2) is 60.7 Å². The maximum Gasteiger partial charge on any atom is 0.272 e. The van der Waals surface area contributed by atoms with Crippen molar-refractivity contribution >= 4 is 17.6 Å². The Kier molecular flexibility index (Phi) is 6.22. The van der Waals surface area contributed by atoms with E-state index in [1.54, 1.807) is 13.1 Å². The molecule has 3 aromatic rings. The Bertz CT molecular complexity index is 964. The van der Waals surface area contributed by atoms with Crippen molar-refractivity contribution in [2.45, 2.75) is 26.3 Å². The van der Waals surface area contributed by atoms with Crippen LogP contribution in [0, 0.1) is 6.92 Å². The summed E-state index contributed by atoms with van der Waals surface area (Å²) in [6, 6.07) is 19.4. The number of hydrogen-bond donors (Lipinski definition) is 2. The van der Waals surface area contributed by atoms with Crippen molar-refractivity contribution in [3.05, 3.63) is 83.0 Å². The number of aryl methyl sites for hydroxylation is 3. The van der Waals surface area contributed by atoms with E-state index in [-0.39, 0.29) is 17.5 Å². The van der Waals surface area contributed by atoms with Gasteiger partial charge in [0.15, 0.2) is 5.69 Å². The van der Waals surface area contributed by atoms with Crippen molar-refractivity contribution in [2.75, 3.05) is 5.32 Å². The third-order valence-electron chi connectivity index (χ3n) is 4.40. The van der Waals surface area contributed by atoms with E-state index < -0.39 is 0 Å². The van der Waals surface area contributed by atoms with Crippen LogP contribution < -0.4 is 10.6 Å². The van der Waals surface area contributed by atoms with Gasteiger partial charge < -0.3 is 10.6 Å². The van der Waals surface area contributed by atoms with Crippen LogP contribution in [-0.2, 0) is 24.8 Å². The van der Waals surface area contributed by atoms with Crippen molar-refractivity contribution in [2.24, 2.45) is 7.05 Å². The number of benzene rings is 2. The molecule has 0 spiro atoms. The highest BCUT2D eigenvalue weighted by molar-refractivity contribution is 5.95. The number of nitrogens with zero attached hydrogens (tertiary/aromatic N) is 2. The van der Waals surface area contributed by atoms with Crippen LogP contribution in [0.25, 0.3) is 0 Å². The molecule has 144 valence electrons. The van der Waals surface area contributed by atoms with E-state index in [9.17, 15) is 9.59 Å². The lowest BCUT2D eigenvalue weighted by Gasteiger charge is -2.05. The van der Waals surface area contributed by atoms with Gasteiger partial charge in [-0.15, -0.1) is 0 Å². The quantitative estimate of drug-likeness (QED) is 0.665. The maximum atomic E-state index is 12.4. The molecule has 2 amide bonds. The van der Waals surface area contributed by atoms with Crippen LogP contribution >= 0.6 is 0 Å².